The predicted molar refractivity (Wildman–Crippen MR) is 85.8 cm³/mol. The Balaban J connectivity index is 2.24. The van der Waals surface area contributed by atoms with Gasteiger partial charge in [0, 0.05) is 5.92 Å². The van der Waals surface area contributed by atoms with Gasteiger partial charge < -0.3 is 9.31 Å². The fourth-order valence-corrected chi connectivity index (χ4v) is 2.37. The Hall–Kier alpha value is -1.64. The third-order valence-electron chi connectivity index (χ3n) is 4.67. The van der Waals surface area contributed by atoms with Gasteiger partial charge in [0.1, 0.15) is 0 Å². The zero-order chi connectivity index (χ0) is 16.5. The maximum absolute atomic E-state index is 11.9. The average molecular weight is 299 g/mol. The topological polar surface area (TPSA) is 59.3 Å². The smallest absolute Gasteiger partial charge is 0.399 e. The minimum atomic E-state index is -0.441. The van der Waals surface area contributed by atoms with Crippen LogP contribution < -0.4 is 5.46 Å². The predicted octanol–water partition coefficient (Wildman–Crippen LogP) is 2.57. The summed E-state index contributed by atoms with van der Waals surface area (Å²) in [5.41, 5.74) is 0.992. The second kappa shape index (κ2) is 5.87. The van der Waals surface area contributed by atoms with Crippen molar-refractivity contribution in [3.05, 3.63) is 29.8 Å². The number of benzene rings is 1. The van der Waals surface area contributed by atoms with Gasteiger partial charge >= 0.3 is 7.12 Å². The molecule has 5 heteroatoms. The van der Waals surface area contributed by atoms with Crippen molar-refractivity contribution in [2.24, 2.45) is 0 Å². The summed E-state index contributed by atoms with van der Waals surface area (Å²) in [6, 6.07) is 9.57. The summed E-state index contributed by atoms with van der Waals surface area (Å²) >= 11 is 0. The number of carbonyl (C=O) groups is 1. The quantitative estimate of drug-likeness (QED) is 0.802. The van der Waals surface area contributed by atoms with E-state index in [9.17, 15) is 4.79 Å². The summed E-state index contributed by atoms with van der Waals surface area (Å²) in [6.07, 6.45) is -0.0676. The zero-order valence-electron chi connectivity index (χ0n) is 13.8. The molecule has 1 heterocycles. The highest BCUT2D eigenvalue weighted by Gasteiger charge is 2.51. The molecule has 0 saturated carbocycles. The van der Waals surface area contributed by atoms with Crippen molar-refractivity contribution in [1.82, 2.24) is 0 Å². The van der Waals surface area contributed by atoms with E-state index in [1.165, 1.54) is 0 Å². The Bertz CT molecular complexity index is 603. The Morgan fingerprint density at radius 1 is 1.27 bits per heavy atom. The Morgan fingerprint density at radius 3 is 2.41 bits per heavy atom. The van der Waals surface area contributed by atoms with E-state index in [0.29, 0.717) is 0 Å². The number of nitrogens with zero attached hydrogens (tertiary/aromatic N) is 1. The van der Waals surface area contributed by atoms with Crippen LogP contribution in [0.25, 0.3) is 0 Å². The van der Waals surface area contributed by atoms with E-state index in [-0.39, 0.29) is 18.1 Å². The van der Waals surface area contributed by atoms with Crippen LogP contribution in [-0.4, -0.2) is 24.1 Å². The lowest BCUT2D eigenvalue weighted by Gasteiger charge is -2.32. The maximum Gasteiger partial charge on any atom is 0.494 e. The molecule has 1 aliphatic rings. The van der Waals surface area contributed by atoms with Gasteiger partial charge in [-0.05, 0) is 38.7 Å². The molecule has 1 unspecified atom stereocenters. The molecule has 4 nitrogen and oxygen atoms in total. The van der Waals surface area contributed by atoms with Crippen LogP contribution in [0.4, 0.5) is 0 Å². The summed E-state index contributed by atoms with van der Waals surface area (Å²) in [7, 11) is -0.441. The molecule has 0 N–H and O–H groups in total. The van der Waals surface area contributed by atoms with Crippen molar-refractivity contribution in [1.29, 1.82) is 5.26 Å². The van der Waals surface area contributed by atoms with Crippen LogP contribution in [0.3, 0.4) is 0 Å². The van der Waals surface area contributed by atoms with Crippen molar-refractivity contribution in [3.8, 4) is 6.07 Å². The average Bonchev–Trinajstić information content (AvgIpc) is 2.67. The van der Waals surface area contributed by atoms with E-state index in [0.717, 1.165) is 11.0 Å². The third-order valence-corrected chi connectivity index (χ3v) is 4.67. The Kier molecular flexibility index (Phi) is 4.46. The Labute approximate surface area is 132 Å². The molecule has 0 radical (unpaired) electrons. The van der Waals surface area contributed by atoms with E-state index in [2.05, 4.69) is 0 Å². The van der Waals surface area contributed by atoms with E-state index < -0.39 is 18.3 Å². The van der Waals surface area contributed by atoms with Crippen molar-refractivity contribution in [2.45, 2.75) is 58.2 Å². The van der Waals surface area contributed by atoms with Crippen LogP contribution in [0, 0.1) is 11.3 Å². The highest BCUT2D eigenvalue weighted by Crippen LogP contribution is 2.36. The Morgan fingerprint density at radius 2 is 1.86 bits per heavy atom. The number of hydrogen-bond acceptors (Lipinski definition) is 4. The van der Waals surface area contributed by atoms with Crippen LogP contribution in [0.15, 0.2) is 24.3 Å². The number of nitriles is 1. The summed E-state index contributed by atoms with van der Waals surface area (Å²) in [4.78, 5) is 11.9. The van der Waals surface area contributed by atoms with E-state index in [4.69, 9.17) is 14.6 Å². The number of ketones is 1. The standard InChI is InChI=1S/C17H22BNO3/c1-12(15(20)9-10-19)13-7-6-8-14(11-13)18-21-16(2,3)17(4,5)22-18/h6-8,11-12H,9H2,1-5H3. The molecule has 0 spiro atoms. The minimum absolute atomic E-state index is 0.0676. The first-order valence-electron chi connectivity index (χ1n) is 7.53. The lowest BCUT2D eigenvalue weighted by Crippen LogP contribution is -2.41. The highest BCUT2D eigenvalue weighted by molar-refractivity contribution is 6.62. The second-order valence-electron chi connectivity index (χ2n) is 6.78. The lowest BCUT2D eigenvalue weighted by atomic mass is 9.77. The first kappa shape index (κ1) is 16.7. The number of Topliss-reactive ketones (excluding diaryl/α,β-unsaturated/α-hetero) is 1. The first-order chi connectivity index (χ1) is 10.2. The minimum Gasteiger partial charge on any atom is -0.399 e. The lowest BCUT2D eigenvalue weighted by molar-refractivity contribution is -0.119. The van der Waals surface area contributed by atoms with Crippen molar-refractivity contribution >= 4 is 18.4 Å². The molecule has 1 atom stereocenters. The van der Waals surface area contributed by atoms with Gasteiger partial charge in [-0.2, -0.15) is 5.26 Å². The van der Waals surface area contributed by atoms with Crippen molar-refractivity contribution < 1.29 is 14.1 Å². The van der Waals surface area contributed by atoms with Crippen LogP contribution in [-0.2, 0) is 14.1 Å². The summed E-state index contributed by atoms with van der Waals surface area (Å²) < 4.78 is 12.1. The van der Waals surface area contributed by atoms with E-state index in [1.807, 2.05) is 65.0 Å². The molecule has 0 bridgehead atoms. The number of hydrogen-bond donors (Lipinski definition) is 0. The van der Waals surface area contributed by atoms with Crippen molar-refractivity contribution in [2.75, 3.05) is 0 Å². The molecule has 2 rings (SSSR count). The summed E-state index contributed by atoms with van der Waals surface area (Å²) in [6.45, 7) is 9.86. The van der Waals surface area contributed by atoms with Crippen LogP contribution in [0.2, 0.25) is 0 Å². The van der Waals surface area contributed by atoms with Gasteiger partial charge in [-0.25, -0.2) is 0 Å². The molecular formula is C17H22BNO3. The van der Waals surface area contributed by atoms with Gasteiger partial charge in [0.25, 0.3) is 0 Å². The largest absolute Gasteiger partial charge is 0.494 e. The molecule has 116 valence electrons. The monoisotopic (exact) mass is 299 g/mol. The SMILES string of the molecule is CC(C(=O)CC#N)c1cccc(B2OC(C)(C)C(C)(C)O2)c1. The zero-order valence-corrected chi connectivity index (χ0v) is 13.8. The maximum atomic E-state index is 11.9. The molecule has 1 fully saturated rings. The van der Waals surface area contributed by atoms with Crippen LogP contribution in [0.5, 0.6) is 0 Å². The second-order valence-corrected chi connectivity index (χ2v) is 6.78. The fourth-order valence-electron chi connectivity index (χ4n) is 2.37. The number of carbonyl (C=O) groups excluding carboxylic acids is 1. The van der Waals surface area contributed by atoms with E-state index in [1.54, 1.807) is 0 Å². The van der Waals surface area contributed by atoms with Gasteiger partial charge in [0.05, 0.1) is 23.7 Å². The molecule has 1 aromatic rings. The normalized spacial score (nSPS) is 20.5. The van der Waals surface area contributed by atoms with Crippen molar-refractivity contribution in [3.63, 3.8) is 0 Å². The van der Waals surface area contributed by atoms with Gasteiger partial charge in [-0.1, -0.05) is 31.2 Å². The molecule has 1 saturated heterocycles. The fraction of sp³-hybridized carbons (Fsp3) is 0.529. The van der Waals surface area contributed by atoms with Crippen LogP contribution >= 0.6 is 0 Å². The molecule has 0 aliphatic carbocycles. The molecule has 0 amide bonds. The third kappa shape index (κ3) is 3.09. The molecule has 1 aromatic carbocycles. The van der Waals surface area contributed by atoms with Gasteiger partial charge in [-0.15, -0.1) is 0 Å². The molecule has 0 aromatic heterocycles. The molecule has 1 aliphatic heterocycles. The van der Waals surface area contributed by atoms with Gasteiger partial charge in [-0.3, -0.25) is 4.79 Å². The van der Waals surface area contributed by atoms with E-state index >= 15 is 0 Å². The van der Waals surface area contributed by atoms with Gasteiger partial charge in [0.2, 0.25) is 0 Å². The first-order valence-corrected chi connectivity index (χ1v) is 7.53. The molecular weight excluding hydrogens is 277 g/mol. The summed E-state index contributed by atoms with van der Waals surface area (Å²) in [5.74, 6) is -0.379. The molecule has 22 heavy (non-hydrogen) atoms. The van der Waals surface area contributed by atoms with Crippen LogP contribution in [0.1, 0.15) is 52.5 Å². The number of rotatable bonds is 4. The summed E-state index contributed by atoms with van der Waals surface area (Å²) in [5, 5.41) is 8.66. The highest BCUT2D eigenvalue weighted by atomic mass is 16.7. The van der Waals surface area contributed by atoms with Gasteiger partial charge in [0.15, 0.2) is 5.78 Å².